The zero-order chi connectivity index (χ0) is 10.1. The Hall–Kier alpha value is -0.410. The largest absolute Gasteiger partial charge is 0.354 e. The second-order valence-electron chi connectivity index (χ2n) is 3.67. The zero-order valence-electron chi connectivity index (χ0n) is 8.13. The SMILES string of the molecule is CCCCC1=C(Br)C(=O)[C@@H]2C=C[C@H]1O2. The van der Waals surface area contributed by atoms with Gasteiger partial charge < -0.3 is 4.74 Å². The number of unbranched alkanes of at least 4 members (excludes halogenated alkanes) is 1. The standard InChI is InChI=1S/C11H13BrO2/c1-2-3-4-7-8-5-6-9(14-8)11(13)10(7)12/h5-6,8-9H,2-4H2,1H3/t8-,9+/m1/s1. The van der Waals surface area contributed by atoms with Crippen LogP contribution < -0.4 is 0 Å². The van der Waals surface area contributed by atoms with Crippen LogP contribution in [0.2, 0.25) is 0 Å². The zero-order valence-corrected chi connectivity index (χ0v) is 9.71. The normalized spacial score (nSPS) is 30.3. The van der Waals surface area contributed by atoms with Crippen molar-refractivity contribution in [3.8, 4) is 0 Å². The van der Waals surface area contributed by atoms with E-state index in [4.69, 9.17) is 4.74 Å². The van der Waals surface area contributed by atoms with Crippen LogP contribution in [0.1, 0.15) is 26.2 Å². The van der Waals surface area contributed by atoms with Crippen molar-refractivity contribution in [2.24, 2.45) is 0 Å². The van der Waals surface area contributed by atoms with Crippen LogP contribution in [0.15, 0.2) is 22.2 Å². The molecule has 76 valence electrons. The third-order valence-electron chi connectivity index (χ3n) is 2.65. The molecule has 0 saturated carbocycles. The van der Waals surface area contributed by atoms with Gasteiger partial charge in [-0.15, -0.1) is 0 Å². The summed E-state index contributed by atoms with van der Waals surface area (Å²) < 4.78 is 6.29. The van der Waals surface area contributed by atoms with Crippen LogP contribution in [0.4, 0.5) is 0 Å². The lowest BCUT2D eigenvalue weighted by Crippen LogP contribution is -2.29. The highest BCUT2D eigenvalue weighted by Crippen LogP contribution is 2.35. The molecule has 0 aromatic carbocycles. The number of halogens is 1. The van der Waals surface area contributed by atoms with Gasteiger partial charge in [0.1, 0.15) is 6.10 Å². The van der Waals surface area contributed by atoms with Crippen molar-refractivity contribution in [2.45, 2.75) is 38.4 Å². The van der Waals surface area contributed by atoms with Crippen LogP contribution in [0.25, 0.3) is 0 Å². The van der Waals surface area contributed by atoms with Gasteiger partial charge in [-0.1, -0.05) is 19.4 Å². The molecule has 2 heterocycles. The predicted molar refractivity (Wildman–Crippen MR) is 58.3 cm³/mol. The molecular weight excluding hydrogens is 244 g/mol. The molecule has 3 heteroatoms. The third-order valence-corrected chi connectivity index (χ3v) is 3.55. The van der Waals surface area contributed by atoms with Crippen molar-refractivity contribution >= 4 is 21.7 Å². The van der Waals surface area contributed by atoms with E-state index in [0.717, 1.165) is 29.3 Å². The number of rotatable bonds is 3. The fraction of sp³-hybridized carbons (Fsp3) is 0.545. The summed E-state index contributed by atoms with van der Waals surface area (Å²) >= 11 is 3.38. The molecule has 2 rings (SSSR count). The summed E-state index contributed by atoms with van der Waals surface area (Å²) in [5.74, 6) is 0.0705. The molecule has 0 radical (unpaired) electrons. The minimum atomic E-state index is -0.334. The van der Waals surface area contributed by atoms with E-state index in [1.165, 1.54) is 0 Å². The third kappa shape index (κ3) is 1.59. The Morgan fingerprint density at radius 2 is 2.14 bits per heavy atom. The minimum Gasteiger partial charge on any atom is -0.354 e. The monoisotopic (exact) mass is 256 g/mol. The minimum absolute atomic E-state index is 0.0404. The van der Waals surface area contributed by atoms with Gasteiger partial charge in [0.15, 0.2) is 0 Å². The number of hydrogen-bond donors (Lipinski definition) is 0. The van der Waals surface area contributed by atoms with E-state index >= 15 is 0 Å². The maximum atomic E-state index is 11.7. The smallest absolute Gasteiger partial charge is 0.202 e. The van der Waals surface area contributed by atoms with Crippen LogP contribution in [0.5, 0.6) is 0 Å². The van der Waals surface area contributed by atoms with Gasteiger partial charge >= 0.3 is 0 Å². The van der Waals surface area contributed by atoms with Gasteiger partial charge in [-0.05, 0) is 40.4 Å². The van der Waals surface area contributed by atoms with Gasteiger partial charge in [0.2, 0.25) is 5.78 Å². The van der Waals surface area contributed by atoms with Crippen LogP contribution in [0.3, 0.4) is 0 Å². The second kappa shape index (κ2) is 3.99. The Balaban J connectivity index is 2.22. The summed E-state index contributed by atoms with van der Waals surface area (Å²) in [5.41, 5.74) is 1.11. The number of ketones is 1. The predicted octanol–water partition coefficient (Wildman–Crippen LogP) is 2.73. The molecule has 0 N–H and O–H groups in total. The number of fused-ring (bicyclic) bond motifs is 2. The molecule has 2 bridgehead atoms. The Kier molecular flexibility index (Phi) is 2.88. The van der Waals surface area contributed by atoms with E-state index in [-0.39, 0.29) is 18.0 Å². The first-order valence-corrected chi connectivity index (χ1v) is 5.80. The lowest BCUT2D eigenvalue weighted by Gasteiger charge is -2.23. The average molecular weight is 257 g/mol. The molecule has 0 spiro atoms. The van der Waals surface area contributed by atoms with Crippen LogP contribution in [-0.4, -0.2) is 18.0 Å². The van der Waals surface area contributed by atoms with E-state index in [1.807, 2.05) is 12.2 Å². The van der Waals surface area contributed by atoms with Crippen molar-refractivity contribution in [1.29, 1.82) is 0 Å². The lowest BCUT2D eigenvalue weighted by molar-refractivity contribution is -0.124. The van der Waals surface area contributed by atoms with E-state index in [1.54, 1.807) is 0 Å². The fourth-order valence-electron chi connectivity index (χ4n) is 1.83. The molecular formula is C11H13BrO2. The van der Waals surface area contributed by atoms with Gasteiger partial charge in [0, 0.05) is 0 Å². The van der Waals surface area contributed by atoms with Crippen molar-refractivity contribution in [2.75, 3.05) is 0 Å². The maximum Gasteiger partial charge on any atom is 0.202 e. The lowest BCUT2D eigenvalue weighted by atomic mass is 10.0. The van der Waals surface area contributed by atoms with Gasteiger partial charge in [0.25, 0.3) is 0 Å². The summed E-state index contributed by atoms with van der Waals surface area (Å²) in [5, 5.41) is 0. The number of carbonyl (C=O) groups is 1. The first-order chi connectivity index (χ1) is 6.74. The summed E-state index contributed by atoms with van der Waals surface area (Å²) in [6.45, 7) is 2.15. The number of Topliss-reactive ketones (excluding diaryl/α,β-unsaturated/α-hetero) is 1. The quantitative estimate of drug-likeness (QED) is 0.726. The van der Waals surface area contributed by atoms with E-state index in [2.05, 4.69) is 22.9 Å². The number of hydrogen-bond acceptors (Lipinski definition) is 2. The molecule has 0 unspecified atom stereocenters. The van der Waals surface area contributed by atoms with Crippen molar-refractivity contribution < 1.29 is 9.53 Å². The summed E-state index contributed by atoms with van der Waals surface area (Å²) in [6, 6.07) is 0. The highest BCUT2D eigenvalue weighted by molar-refractivity contribution is 9.12. The van der Waals surface area contributed by atoms with Gasteiger partial charge in [-0.3, -0.25) is 4.79 Å². The molecule has 2 aliphatic rings. The Morgan fingerprint density at radius 1 is 1.43 bits per heavy atom. The van der Waals surface area contributed by atoms with Gasteiger partial charge in [0.05, 0.1) is 10.6 Å². The average Bonchev–Trinajstić information content (AvgIpc) is 2.62. The number of ether oxygens (including phenoxy) is 1. The van der Waals surface area contributed by atoms with Crippen molar-refractivity contribution in [1.82, 2.24) is 0 Å². The highest BCUT2D eigenvalue weighted by atomic mass is 79.9. The van der Waals surface area contributed by atoms with E-state index in [9.17, 15) is 4.79 Å². The number of carbonyl (C=O) groups excluding carboxylic acids is 1. The fourth-order valence-corrected chi connectivity index (χ4v) is 2.47. The summed E-state index contributed by atoms with van der Waals surface area (Å²) in [7, 11) is 0. The van der Waals surface area contributed by atoms with Gasteiger partial charge in [-0.25, -0.2) is 0 Å². The molecule has 2 aliphatic heterocycles. The van der Waals surface area contributed by atoms with Crippen molar-refractivity contribution in [3.63, 3.8) is 0 Å². The molecule has 2 atom stereocenters. The summed E-state index contributed by atoms with van der Waals surface area (Å²) in [4.78, 5) is 11.7. The molecule has 0 saturated heterocycles. The van der Waals surface area contributed by atoms with Crippen LogP contribution >= 0.6 is 15.9 Å². The molecule has 0 amide bonds. The van der Waals surface area contributed by atoms with Crippen LogP contribution in [0, 0.1) is 0 Å². The molecule has 2 nitrogen and oxygen atoms in total. The highest BCUT2D eigenvalue weighted by Gasteiger charge is 2.36. The topological polar surface area (TPSA) is 26.3 Å². The molecule has 14 heavy (non-hydrogen) atoms. The van der Waals surface area contributed by atoms with Gasteiger partial charge in [-0.2, -0.15) is 0 Å². The first-order valence-electron chi connectivity index (χ1n) is 5.00. The molecule has 0 aromatic heterocycles. The first kappa shape index (κ1) is 10.1. The Bertz CT molecular complexity index is 317. The Labute approximate surface area is 92.1 Å². The maximum absolute atomic E-state index is 11.7. The second-order valence-corrected chi connectivity index (χ2v) is 4.46. The summed E-state index contributed by atoms with van der Waals surface area (Å²) in [6.07, 6.45) is 6.74. The van der Waals surface area contributed by atoms with E-state index in [0.29, 0.717) is 0 Å². The Morgan fingerprint density at radius 3 is 2.86 bits per heavy atom. The van der Waals surface area contributed by atoms with Crippen LogP contribution in [-0.2, 0) is 9.53 Å². The molecule has 0 aliphatic carbocycles. The van der Waals surface area contributed by atoms with Crippen molar-refractivity contribution in [3.05, 3.63) is 22.2 Å². The van der Waals surface area contributed by atoms with E-state index < -0.39 is 0 Å². The molecule has 0 aromatic rings. The molecule has 0 fully saturated rings.